The van der Waals surface area contributed by atoms with Crippen LogP contribution >= 0.6 is 0 Å². The molecule has 1 fully saturated rings. The smallest absolute Gasteiger partial charge is 0.244 e. The van der Waals surface area contributed by atoms with E-state index in [4.69, 9.17) is 11.0 Å². The molecule has 1 saturated heterocycles. The van der Waals surface area contributed by atoms with E-state index in [1.54, 1.807) is 12.1 Å². The molecule has 102 valence electrons. The highest BCUT2D eigenvalue weighted by atomic mass is 32.2. The van der Waals surface area contributed by atoms with E-state index in [-0.39, 0.29) is 4.90 Å². The molecule has 6 heteroatoms. The van der Waals surface area contributed by atoms with Gasteiger partial charge >= 0.3 is 0 Å². The lowest BCUT2D eigenvalue weighted by atomic mass is 10.2. The summed E-state index contributed by atoms with van der Waals surface area (Å²) >= 11 is 0. The molecule has 0 saturated carbocycles. The second-order valence-electron chi connectivity index (χ2n) is 4.67. The summed E-state index contributed by atoms with van der Waals surface area (Å²) in [6.45, 7) is 0.445. The third kappa shape index (κ3) is 2.95. The van der Waals surface area contributed by atoms with Crippen LogP contribution in [0.15, 0.2) is 29.2 Å². The van der Waals surface area contributed by atoms with E-state index in [0.29, 0.717) is 18.5 Å². The molecule has 2 N–H and O–H groups in total. The summed E-state index contributed by atoms with van der Waals surface area (Å²) in [6, 6.07) is 8.02. The molecule has 0 spiro atoms. The van der Waals surface area contributed by atoms with Crippen molar-refractivity contribution in [2.24, 2.45) is 5.73 Å². The van der Waals surface area contributed by atoms with E-state index in [1.807, 2.05) is 6.07 Å². The predicted molar refractivity (Wildman–Crippen MR) is 71.5 cm³/mol. The summed E-state index contributed by atoms with van der Waals surface area (Å²) in [5.74, 6) is 0. The average Bonchev–Trinajstić information content (AvgIpc) is 2.64. The van der Waals surface area contributed by atoms with Crippen molar-refractivity contribution in [3.63, 3.8) is 0 Å². The monoisotopic (exact) mass is 279 g/mol. The second kappa shape index (κ2) is 5.70. The molecule has 2 rings (SSSR count). The Morgan fingerprint density at radius 1 is 1.32 bits per heavy atom. The maximum absolute atomic E-state index is 12.6. The Kier molecular flexibility index (Phi) is 4.20. The Morgan fingerprint density at radius 2 is 2.11 bits per heavy atom. The Hall–Kier alpha value is -1.42. The van der Waals surface area contributed by atoms with Crippen LogP contribution in [0.4, 0.5) is 0 Å². The number of nitrogens with zero attached hydrogens (tertiary/aromatic N) is 2. The van der Waals surface area contributed by atoms with Gasteiger partial charge in [-0.2, -0.15) is 9.57 Å². The van der Waals surface area contributed by atoms with Gasteiger partial charge in [-0.3, -0.25) is 0 Å². The molecular weight excluding hydrogens is 262 g/mol. The maximum atomic E-state index is 12.6. The van der Waals surface area contributed by atoms with Gasteiger partial charge in [0.1, 0.15) is 0 Å². The van der Waals surface area contributed by atoms with Gasteiger partial charge in [0, 0.05) is 6.54 Å². The lowest BCUT2D eigenvalue weighted by Crippen LogP contribution is -2.45. The third-order valence-electron chi connectivity index (χ3n) is 3.32. The van der Waals surface area contributed by atoms with Crippen LogP contribution in [-0.4, -0.2) is 25.4 Å². The van der Waals surface area contributed by atoms with Gasteiger partial charge in [0.2, 0.25) is 10.0 Å². The number of benzene rings is 1. The number of nitriles is 1. The van der Waals surface area contributed by atoms with E-state index in [9.17, 15) is 8.42 Å². The average molecular weight is 279 g/mol. The zero-order valence-electron chi connectivity index (χ0n) is 10.6. The van der Waals surface area contributed by atoms with Crippen LogP contribution in [0.2, 0.25) is 0 Å². The molecule has 0 amide bonds. The highest BCUT2D eigenvalue weighted by Gasteiger charge is 2.30. The zero-order valence-corrected chi connectivity index (χ0v) is 11.4. The fraction of sp³-hybridized carbons (Fsp3) is 0.462. The number of rotatable bonds is 2. The summed E-state index contributed by atoms with van der Waals surface area (Å²) in [5, 5.41) is 8.85. The third-order valence-corrected chi connectivity index (χ3v) is 5.24. The van der Waals surface area contributed by atoms with Gasteiger partial charge < -0.3 is 5.73 Å². The Bertz CT molecular complexity index is 592. The van der Waals surface area contributed by atoms with E-state index < -0.39 is 16.2 Å². The minimum atomic E-state index is -3.61. The van der Waals surface area contributed by atoms with Crippen LogP contribution in [0.3, 0.4) is 0 Å². The van der Waals surface area contributed by atoms with Gasteiger partial charge in [-0.15, -0.1) is 0 Å². The summed E-state index contributed by atoms with van der Waals surface area (Å²) in [5.41, 5.74) is 6.29. The standard InChI is InChI=1S/C13H17N3O2S/c14-10-11-5-4-6-12(9-11)19(17,18)16-8-3-1-2-7-13(16)15/h4-6,9,13H,1-3,7-8,15H2. The van der Waals surface area contributed by atoms with Crippen molar-refractivity contribution in [3.05, 3.63) is 29.8 Å². The van der Waals surface area contributed by atoms with Gasteiger partial charge in [-0.1, -0.05) is 18.9 Å². The lowest BCUT2D eigenvalue weighted by molar-refractivity contribution is 0.329. The van der Waals surface area contributed by atoms with Gasteiger partial charge in [0.25, 0.3) is 0 Å². The van der Waals surface area contributed by atoms with Crippen LogP contribution in [-0.2, 0) is 10.0 Å². The van der Waals surface area contributed by atoms with Crippen molar-refractivity contribution in [1.82, 2.24) is 4.31 Å². The molecule has 1 heterocycles. The molecule has 1 atom stereocenters. The first-order valence-corrected chi connectivity index (χ1v) is 7.77. The lowest BCUT2D eigenvalue weighted by Gasteiger charge is -2.26. The van der Waals surface area contributed by atoms with Crippen LogP contribution < -0.4 is 5.73 Å². The molecule has 5 nitrogen and oxygen atoms in total. The van der Waals surface area contributed by atoms with Crippen LogP contribution in [0, 0.1) is 11.3 Å². The molecular formula is C13H17N3O2S. The number of nitrogens with two attached hydrogens (primary N) is 1. The molecule has 19 heavy (non-hydrogen) atoms. The summed E-state index contributed by atoms with van der Waals surface area (Å²) in [7, 11) is -3.61. The van der Waals surface area contributed by atoms with Crippen molar-refractivity contribution in [3.8, 4) is 6.07 Å². The van der Waals surface area contributed by atoms with Crippen LogP contribution in [0.1, 0.15) is 31.2 Å². The van der Waals surface area contributed by atoms with Crippen molar-refractivity contribution in [1.29, 1.82) is 5.26 Å². The zero-order chi connectivity index (χ0) is 13.9. The first-order chi connectivity index (χ1) is 9.05. The SMILES string of the molecule is N#Cc1cccc(S(=O)(=O)N2CCCCCC2N)c1. The Morgan fingerprint density at radius 3 is 2.84 bits per heavy atom. The minimum absolute atomic E-state index is 0.143. The van der Waals surface area contributed by atoms with E-state index >= 15 is 0 Å². The number of sulfonamides is 1. The highest BCUT2D eigenvalue weighted by molar-refractivity contribution is 7.89. The van der Waals surface area contributed by atoms with Crippen molar-refractivity contribution >= 4 is 10.0 Å². The first-order valence-electron chi connectivity index (χ1n) is 6.33. The maximum Gasteiger partial charge on any atom is 0.244 e. The fourth-order valence-corrected chi connectivity index (χ4v) is 3.90. The molecule has 1 aliphatic rings. The molecule has 0 aliphatic carbocycles. The van der Waals surface area contributed by atoms with Crippen molar-refractivity contribution in [2.45, 2.75) is 36.7 Å². The number of hydrogen-bond acceptors (Lipinski definition) is 4. The normalized spacial score (nSPS) is 21.6. The highest BCUT2D eigenvalue weighted by Crippen LogP contribution is 2.23. The van der Waals surface area contributed by atoms with E-state index in [0.717, 1.165) is 19.3 Å². The molecule has 0 aromatic heterocycles. The summed E-state index contributed by atoms with van der Waals surface area (Å²) < 4.78 is 26.5. The number of hydrogen-bond donors (Lipinski definition) is 1. The van der Waals surface area contributed by atoms with E-state index in [1.165, 1.54) is 16.4 Å². The largest absolute Gasteiger partial charge is 0.315 e. The van der Waals surface area contributed by atoms with Crippen molar-refractivity contribution in [2.75, 3.05) is 6.54 Å². The molecule has 1 aromatic rings. The Labute approximate surface area is 113 Å². The molecule has 0 radical (unpaired) electrons. The topological polar surface area (TPSA) is 87.2 Å². The van der Waals surface area contributed by atoms with Crippen molar-refractivity contribution < 1.29 is 8.42 Å². The quantitative estimate of drug-likeness (QED) is 0.886. The van der Waals surface area contributed by atoms with Crippen LogP contribution in [0.5, 0.6) is 0 Å². The molecule has 1 aromatic carbocycles. The molecule has 1 aliphatic heterocycles. The fourth-order valence-electron chi connectivity index (χ4n) is 2.27. The predicted octanol–water partition coefficient (Wildman–Crippen LogP) is 1.41. The molecule has 1 unspecified atom stereocenters. The Balaban J connectivity index is 2.37. The summed E-state index contributed by atoms with van der Waals surface area (Å²) in [6.07, 6.45) is 2.98. The van der Waals surface area contributed by atoms with E-state index in [2.05, 4.69) is 0 Å². The molecule has 0 bridgehead atoms. The second-order valence-corrected chi connectivity index (χ2v) is 6.56. The van der Waals surface area contributed by atoms with Gasteiger partial charge in [0.05, 0.1) is 22.7 Å². The first kappa shape index (κ1) is 14.0. The van der Waals surface area contributed by atoms with Gasteiger partial charge in [0.15, 0.2) is 0 Å². The summed E-state index contributed by atoms with van der Waals surface area (Å²) in [4.78, 5) is 0.143. The van der Waals surface area contributed by atoms with Gasteiger partial charge in [-0.05, 0) is 31.0 Å². The van der Waals surface area contributed by atoms with Crippen LogP contribution in [0.25, 0.3) is 0 Å². The minimum Gasteiger partial charge on any atom is -0.315 e. The van der Waals surface area contributed by atoms with Gasteiger partial charge in [-0.25, -0.2) is 8.42 Å².